The second-order valence-electron chi connectivity index (χ2n) is 6.13. The molecule has 2 aromatic carbocycles. The van der Waals surface area contributed by atoms with E-state index in [1.807, 2.05) is 29.8 Å². The Labute approximate surface area is 173 Å². The van der Waals surface area contributed by atoms with E-state index < -0.39 is 0 Å². The van der Waals surface area contributed by atoms with Gasteiger partial charge in [-0.15, -0.1) is 22.0 Å². The van der Waals surface area contributed by atoms with Crippen LogP contribution in [0.15, 0.2) is 58.6 Å². The van der Waals surface area contributed by atoms with Gasteiger partial charge in [-0.1, -0.05) is 35.5 Å². The van der Waals surface area contributed by atoms with Crippen molar-refractivity contribution in [2.45, 2.75) is 22.7 Å². The third-order valence-electron chi connectivity index (χ3n) is 4.00. The van der Waals surface area contributed by atoms with E-state index in [2.05, 4.69) is 46.7 Å². The summed E-state index contributed by atoms with van der Waals surface area (Å²) in [6.45, 7) is 2.07. The maximum atomic E-state index is 12.2. The average molecular weight is 415 g/mol. The SMILES string of the molecule is COc1cccc(NC(=O)CSc2nnc(CSc3ccc(C)cc3)n2C)c1. The van der Waals surface area contributed by atoms with Gasteiger partial charge >= 0.3 is 0 Å². The molecular weight excluding hydrogens is 392 g/mol. The van der Waals surface area contributed by atoms with Crippen LogP contribution >= 0.6 is 23.5 Å². The highest BCUT2D eigenvalue weighted by atomic mass is 32.2. The monoisotopic (exact) mass is 414 g/mol. The number of methoxy groups -OCH3 is 1. The van der Waals surface area contributed by atoms with Crippen LogP contribution in [0.2, 0.25) is 0 Å². The summed E-state index contributed by atoms with van der Waals surface area (Å²) in [7, 11) is 3.52. The molecule has 0 unspecified atom stereocenters. The van der Waals surface area contributed by atoms with E-state index in [-0.39, 0.29) is 11.7 Å². The quantitative estimate of drug-likeness (QED) is 0.558. The molecule has 0 saturated carbocycles. The molecule has 0 spiro atoms. The Balaban J connectivity index is 1.52. The number of thioether (sulfide) groups is 2. The van der Waals surface area contributed by atoms with Gasteiger partial charge in [0.05, 0.1) is 18.6 Å². The lowest BCUT2D eigenvalue weighted by Gasteiger charge is -2.07. The van der Waals surface area contributed by atoms with E-state index >= 15 is 0 Å². The molecule has 1 amide bonds. The second kappa shape index (κ2) is 9.66. The van der Waals surface area contributed by atoms with Crippen LogP contribution in [0.3, 0.4) is 0 Å². The van der Waals surface area contributed by atoms with Crippen LogP contribution in [0.25, 0.3) is 0 Å². The van der Waals surface area contributed by atoms with Crippen LogP contribution < -0.4 is 10.1 Å². The molecular formula is C20H22N4O2S2. The molecule has 3 rings (SSSR count). The molecule has 0 aliphatic heterocycles. The van der Waals surface area contributed by atoms with Crippen LogP contribution in [-0.2, 0) is 17.6 Å². The summed E-state index contributed by atoms with van der Waals surface area (Å²) >= 11 is 3.08. The first-order chi connectivity index (χ1) is 13.5. The Bertz CT molecular complexity index is 942. The standard InChI is InChI=1S/C20H22N4O2S2/c1-14-7-9-17(10-8-14)27-12-18-22-23-20(24(18)2)28-13-19(25)21-15-5-4-6-16(11-15)26-3/h4-11H,12-13H2,1-3H3,(H,21,25). The molecule has 1 aromatic heterocycles. The predicted octanol–water partition coefficient (Wildman–Crippen LogP) is 4.16. The zero-order valence-corrected chi connectivity index (χ0v) is 17.6. The molecule has 1 heterocycles. The van der Waals surface area contributed by atoms with Gasteiger partial charge in [-0.05, 0) is 31.2 Å². The molecule has 0 saturated heterocycles. The summed E-state index contributed by atoms with van der Waals surface area (Å²) in [5, 5.41) is 12.1. The number of hydrogen-bond donors (Lipinski definition) is 1. The van der Waals surface area contributed by atoms with Crippen LogP contribution in [0.4, 0.5) is 5.69 Å². The fourth-order valence-electron chi connectivity index (χ4n) is 2.41. The number of hydrogen-bond acceptors (Lipinski definition) is 6. The number of carbonyl (C=O) groups is 1. The number of rotatable bonds is 8. The van der Waals surface area contributed by atoms with Crippen molar-refractivity contribution in [1.82, 2.24) is 14.8 Å². The van der Waals surface area contributed by atoms with Gasteiger partial charge in [0.25, 0.3) is 0 Å². The smallest absolute Gasteiger partial charge is 0.234 e. The lowest BCUT2D eigenvalue weighted by molar-refractivity contribution is -0.113. The van der Waals surface area contributed by atoms with Gasteiger partial charge in [-0.3, -0.25) is 4.79 Å². The third-order valence-corrected chi connectivity index (χ3v) is 6.03. The number of nitrogens with zero attached hydrogens (tertiary/aromatic N) is 3. The lowest BCUT2D eigenvalue weighted by atomic mass is 10.2. The Morgan fingerprint density at radius 2 is 1.93 bits per heavy atom. The molecule has 0 fully saturated rings. The molecule has 1 N–H and O–H groups in total. The van der Waals surface area contributed by atoms with Crippen molar-refractivity contribution in [3.8, 4) is 5.75 Å². The van der Waals surface area contributed by atoms with Crippen molar-refractivity contribution in [3.63, 3.8) is 0 Å². The van der Waals surface area contributed by atoms with E-state index in [0.29, 0.717) is 11.4 Å². The molecule has 28 heavy (non-hydrogen) atoms. The fraction of sp³-hybridized carbons (Fsp3) is 0.250. The van der Waals surface area contributed by atoms with Gasteiger partial charge in [-0.2, -0.15) is 0 Å². The number of aromatic nitrogens is 3. The lowest BCUT2D eigenvalue weighted by Crippen LogP contribution is -2.14. The van der Waals surface area contributed by atoms with Gasteiger partial charge in [0, 0.05) is 23.7 Å². The van der Waals surface area contributed by atoms with Crippen molar-refractivity contribution in [3.05, 3.63) is 59.9 Å². The highest BCUT2D eigenvalue weighted by Crippen LogP contribution is 2.24. The molecule has 146 valence electrons. The Morgan fingerprint density at radius 1 is 1.14 bits per heavy atom. The van der Waals surface area contributed by atoms with Crippen molar-refractivity contribution in [2.24, 2.45) is 7.05 Å². The maximum Gasteiger partial charge on any atom is 0.234 e. The first-order valence-electron chi connectivity index (χ1n) is 8.69. The van der Waals surface area contributed by atoms with Gasteiger partial charge in [0.2, 0.25) is 5.91 Å². The Kier molecular flexibility index (Phi) is 7.00. The minimum atomic E-state index is -0.100. The van der Waals surface area contributed by atoms with Crippen LogP contribution in [-0.4, -0.2) is 33.5 Å². The number of benzene rings is 2. The normalized spacial score (nSPS) is 10.7. The summed E-state index contributed by atoms with van der Waals surface area (Å²) in [4.78, 5) is 13.4. The van der Waals surface area contributed by atoms with Gasteiger partial charge in [0.1, 0.15) is 11.6 Å². The fourth-order valence-corrected chi connectivity index (χ4v) is 4.01. The minimum Gasteiger partial charge on any atom is -0.497 e. The maximum absolute atomic E-state index is 12.2. The molecule has 3 aromatic rings. The van der Waals surface area contributed by atoms with Crippen LogP contribution in [0.5, 0.6) is 5.75 Å². The topological polar surface area (TPSA) is 69.0 Å². The third kappa shape index (κ3) is 5.53. The second-order valence-corrected chi connectivity index (χ2v) is 8.12. The first kappa shape index (κ1) is 20.3. The highest BCUT2D eigenvalue weighted by molar-refractivity contribution is 7.99. The molecule has 0 radical (unpaired) electrons. The molecule has 0 bridgehead atoms. The highest BCUT2D eigenvalue weighted by Gasteiger charge is 2.12. The molecule has 6 nitrogen and oxygen atoms in total. The van der Waals surface area contributed by atoms with Gasteiger partial charge in [-0.25, -0.2) is 0 Å². The summed E-state index contributed by atoms with van der Waals surface area (Å²) in [5.74, 6) is 2.46. The number of ether oxygens (including phenoxy) is 1. The van der Waals surface area contributed by atoms with E-state index in [9.17, 15) is 4.79 Å². The summed E-state index contributed by atoms with van der Waals surface area (Å²) in [6, 6.07) is 15.7. The number of carbonyl (C=O) groups excluding carboxylic acids is 1. The number of aryl methyl sites for hydroxylation is 1. The van der Waals surface area contributed by atoms with Crippen molar-refractivity contribution >= 4 is 35.1 Å². The number of amides is 1. The largest absolute Gasteiger partial charge is 0.497 e. The van der Waals surface area contributed by atoms with E-state index in [0.717, 1.165) is 16.7 Å². The van der Waals surface area contributed by atoms with Crippen molar-refractivity contribution in [1.29, 1.82) is 0 Å². The first-order valence-corrected chi connectivity index (χ1v) is 10.7. The minimum absolute atomic E-state index is 0.100. The van der Waals surface area contributed by atoms with Crippen LogP contribution in [0, 0.1) is 6.92 Å². The van der Waals surface area contributed by atoms with Crippen LogP contribution in [0.1, 0.15) is 11.4 Å². The predicted molar refractivity (Wildman–Crippen MR) is 114 cm³/mol. The molecule has 0 aliphatic rings. The van der Waals surface area contributed by atoms with Crippen molar-refractivity contribution in [2.75, 3.05) is 18.2 Å². The number of anilines is 1. The van der Waals surface area contributed by atoms with E-state index in [1.54, 1.807) is 24.9 Å². The summed E-state index contributed by atoms with van der Waals surface area (Å²) in [6.07, 6.45) is 0. The van der Waals surface area contributed by atoms with Gasteiger partial charge in [0.15, 0.2) is 5.16 Å². The molecule has 8 heteroatoms. The zero-order chi connectivity index (χ0) is 19.9. The Morgan fingerprint density at radius 3 is 2.68 bits per heavy atom. The van der Waals surface area contributed by atoms with E-state index in [4.69, 9.17) is 4.74 Å². The zero-order valence-electron chi connectivity index (χ0n) is 16.0. The Hall–Kier alpha value is -2.45. The van der Waals surface area contributed by atoms with Gasteiger partial charge < -0.3 is 14.6 Å². The average Bonchev–Trinajstić information content (AvgIpc) is 3.05. The van der Waals surface area contributed by atoms with Crippen molar-refractivity contribution < 1.29 is 9.53 Å². The van der Waals surface area contributed by atoms with E-state index in [1.165, 1.54) is 22.2 Å². The summed E-state index contributed by atoms with van der Waals surface area (Å²) in [5.41, 5.74) is 1.95. The molecule has 0 aliphatic carbocycles. The molecule has 0 atom stereocenters. The summed E-state index contributed by atoms with van der Waals surface area (Å²) < 4.78 is 7.10. The number of nitrogens with one attached hydrogen (secondary N) is 1.